The summed E-state index contributed by atoms with van der Waals surface area (Å²) in [7, 11) is -1.37. The smallest absolute Gasteiger partial charge is 0.0798 e. The minimum atomic E-state index is -1.37. The molecule has 0 unspecified atom stereocenters. The van der Waals surface area contributed by atoms with Crippen LogP contribution in [-0.2, 0) is 26.5 Å². The third-order valence-electron chi connectivity index (χ3n) is 8.68. The molecule has 1 radical (unpaired) electrons. The molecule has 47 heavy (non-hydrogen) atoms. The van der Waals surface area contributed by atoms with Crippen LogP contribution in [0, 0.1) is 18.1 Å². The number of benzene rings is 3. The molecule has 3 aromatic heterocycles. The minimum Gasteiger partial charge on any atom is -0.318 e. The number of hydrogen-bond donors (Lipinski definition) is 0. The van der Waals surface area contributed by atoms with E-state index >= 15 is 0 Å². The SMILES string of the molecule is C[Si](C)(C)c1cnc(-c2[c-]cccn2)cc1CC1CCCC1.[Ir].[c-]1ccc(-c2ccccc2)cc1-c1ccc(-c2ccccc2)cn1. The monoisotopic (exact) mass is 808 g/mol. The Morgan fingerprint density at radius 3 is 1.94 bits per heavy atom. The Hall–Kier alpha value is -4.02. The summed E-state index contributed by atoms with van der Waals surface area (Å²) in [6.45, 7) is 7.23. The zero-order valence-corrected chi connectivity index (χ0v) is 30.8. The van der Waals surface area contributed by atoms with Crippen LogP contribution in [0.2, 0.25) is 19.6 Å². The van der Waals surface area contributed by atoms with E-state index in [1.165, 1.54) is 59.5 Å². The molecule has 0 bridgehead atoms. The van der Waals surface area contributed by atoms with Crippen molar-refractivity contribution in [1.29, 1.82) is 0 Å². The Morgan fingerprint density at radius 2 is 1.32 bits per heavy atom. The fourth-order valence-corrected chi connectivity index (χ4v) is 7.83. The summed E-state index contributed by atoms with van der Waals surface area (Å²) in [6.07, 6.45) is 12.6. The zero-order valence-electron chi connectivity index (χ0n) is 27.4. The molecule has 0 saturated heterocycles. The van der Waals surface area contributed by atoms with E-state index < -0.39 is 8.07 Å². The van der Waals surface area contributed by atoms with Crippen molar-refractivity contribution < 1.29 is 20.1 Å². The van der Waals surface area contributed by atoms with Crippen LogP contribution < -0.4 is 5.19 Å². The van der Waals surface area contributed by atoms with E-state index in [2.05, 4.69) is 115 Å². The van der Waals surface area contributed by atoms with Crippen molar-refractivity contribution >= 4 is 13.3 Å². The van der Waals surface area contributed by atoms with Crippen molar-refractivity contribution in [2.45, 2.75) is 51.7 Å². The molecule has 6 aromatic rings. The van der Waals surface area contributed by atoms with E-state index in [1.54, 1.807) is 0 Å². The number of nitrogens with zero attached hydrogens (tertiary/aromatic N) is 3. The maximum atomic E-state index is 4.69. The fraction of sp³-hybridized carbons (Fsp3) is 0.214. The molecule has 1 aliphatic rings. The molecule has 5 heteroatoms. The first-order valence-corrected chi connectivity index (χ1v) is 19.9. The topological polar surface area (TPSA) is 38.7 Å². The van der Waals surface area contributed by atoms with Crippen molar-refractivity contribution in [2.75, 3.05) is 0 Å². The number of pyridine rings is 3. The largest absolute Gasteiger partial charge is 0.318 e. The average Bonchev–Trinajstić information content (AvgIpc) is 3.62. The first kappa shape index (κ1) is 34.3. The summed E-state index contributed by atoms with van der Waals surface area (Å²) < 4.78 is 0. The van der Waals surface area contributed by atoms with Gasteiger partial charge in [-0.1, -0.05) is 130 Å². The standard InChI is InChI=1S/C23H16N.C19H25N2Si.Ir/c1-3-8-18(9-4-1)20-12-7-13-21(16-20)23-15-14-22(17-24-23)19-10-5-2-6-11-19;1-22(2,3)19-14-21-18(17-10-6-7-11-20-17)13-16(19)12-15-8-4-5-9-15;/h1-12,14-17H;6-7,11,13-15H,4-5,8-9,12H2,1-3H3;/q2*-1;. The number of aromatic nitrogens is 3. The van der Waals surface area contributed by atoms with Crippen molar-refractivity contribution in [3.8, 4) is 44.9 Å². The molecular formula is C42H41IrN3Si-2. The molecule has 7 rings (SSSR count). The van der Waals surface area contributed by atoms with Crippen LogP contribution in [0.15, 0.2) is 128 Å². The Bertz CT molecular complexity index is 1830. The Balaban J connectivity index is 0.000000181. The van der Waals surface area contributed by atoms with E-state index in [9.17, 15) is 0 Å². The van der Waals surface area contributed by atoms with Crippen molar-refractivity contribution in [3.05, 3.63) is 145 Å². The van der Waals surface area contributed by atoms with E-state index in [0.717, 1.165) is 34.1 Å². The van der Waals surface area contributed by atoms with Crippen LogP contribution in [0.25, 0.3) is 44.9 Å². The maximum Gasteiger partial charge on any atom is 0.0798 e. The van der Waals surface area contributed by atoms with E-state index in [0.29, 0.717) is 0 Å². The summed E-state index contributed by atoms with van der Waals surface area (Å²) in [4.78, 5) is 13.7. The molecule has 0 N–H and O–H groups in total. The van der Waals surface area contributed by atoms with Crippen LogP contribution >= 0.6 is 0 Å². The van der Waals surface area contributed by atoms with Crippen molar-refractivity contribution in [3.63, 3.8) is 0 Å². The number of hydrogen-bond acceptors (Lipinski definition) is 3. The van der Waals surface area contributed by atoms with Gasteiger partial charge in [-0.15, -0.1) is 41.5 Å². The molecule has 0 spiro atoms. The maximum absolute atomic E-state index is 4.69. The third-order valence-corrected chi connectivity index (χ3v) is 10.8. The van der Waals surface area contributed by atoms with Crippen molar-refractivity contribution in [2.24, 2.45) is 5.92 Å². The van der Waals surface area contributed by atoms with Crippen LogP contribution in [0.1, 0.15) is 31.2 Å². The molecular weight excluding hydrogens is 767 g/mol. The van der Waals surface area contributed by atoms with Gasteiger partial charge in [-0.05, 0) is 57.5 Å². The molecule has 1 fully saturated rings. The summed E-state index contributed by atoms with van der Waals surface area (Å²) in [5.74, 6) is 0.859. The molecule has 1 aliphatic carbocycles. The summed E-state index contributed by atoms with van der Waals surface area (Å²) in [5, 5.41) is 1.51. The molecule has 3 aromatic carbocycles. The third kappa shape index (κ3) is 9.08. The molecule has 3 nitrogen and oxygen atoms in total. The van der Waals surface area contributed by atoms with Gasteiger partial charge in [-0.2, -0.15) is 12.1 Å². The summed E-state index contributed by atoms with van der Waals surface area (Å²) in [6, 6.07) is 43.6. The summed E-state index contributed by atoms with van der Waals surface area (Å²) >= 11 is 0. The second kappa shape index (κ2) is 16.2. The van der Waals surface area contributed by atoms with Gasteiger partial charge in [0.05, 0.1) is 8.07 Å². The van der Waals surface area contributed by atoms with Gasteiger partial charge >= 0.3 is 0 Å². The summed E-state index contributed by atoms with van der Waals surface area (Å²) in [5.41, 5.74) is 9.97. The Kier molecular flexibility index (Phi) is 11.8. The predicted octanol–water partition coefficient (Wildman–Crippen LogP) is 10.1. The zero-order chi connectivity index (χ0) is 31.8. The van der Waals surface area contributed by atoms with E-state index in [1.807, 2.05) is 54.9 Å². The fourth-order valence-electron chi connectivity index (χ4n) is 6.24. The van der Waals surface area contributed by atoms with Gasteiger partial charge in [0.25, 0.3) is 0 Å². The van der Waals surface area contributed by atoms with Crippen LogP contribution in [0.5, 0.6) is 0 Å². The van der Waals surface area contributed by atoms with Crippen LogP contribution in [0.3, 0.4) is 0 Å². The quantitative estimate of drug-likeness (QED) is 0.119. The first-order chi connectivity index (χ1) is 22.4. The van der Waals surface area contributed by atoms with Gasteiger partial charge in [0, 0.05) is 32.5 Å². The molecule has 239 valence electrons. The van der Waals surface area contributed by atoms with Crippen LogP contribution in [0.4, 0.5) is 0 Å². The normalized spacial score (nSPS) is 12.9. The van der Waals surface area contributed by atoms with E-state index in [-0.39, 0.29) is 20.1 Å². The first-order valence-electron chi connectivity index (χ1n) is 16.4. The Morgan fingerprint density at radius 1 is 0.638 bits per heavy atom. The Labute approximate surface area is 295 Å². The predicted molar refractivity (Wildman–Crippen MR) is 194 cm³/mol. The van der Waals surface area contributed by atoms with Gasteiger partial charge in [0.1, 0.15) is 0 Å². The van der Waals surface area contributed by atoms with Gasteiger partial charge in [0.2, 0.25) is 0 Å². The molecule has 3 heterocycles. The molecule has 0 amide bonds. The van der Waals surface area contributed by atoms with Gasteiger partial charge < -0.3 is 9.97 Å². The van der Waals surface area contributed by atoms with Crippen molar-refractivity contribution in [1.82, 2.24) is 15.0 Å². The minimum absolute atomic E-state index is 0. The average molecular weight is 808 g/mol. The van der Waals surface area contributed by atoms with Gasteiger partial charge in [-0.3, -0.25) is 4.98 Å². The molecule has 0 aliphatic heterocycles. The molecule has 0 atom stereocenters. The molecule has 1 saturated carbocycles. The second-order valence-corrected chi connectivity index (χ2v) is 18.2. The van der Waals surface area contributed by atoms with Crippen LogP contribution in [-0.4, -0.2) is 23.0 Å². The van der Waals surface area contributed by atoms with E-state index in [4.69, 9.17) is 4.98 Å². The van der Waals surface area contributed by atoms with Gasteiger partial charge in [0.15, 0.2) is 0 Å². The van der Waals surface area contributed by atoms with Gasteiger partial charge in [-0.25, -0.2) is 0 Å². The second-order valence-electron chi connectivity index (χ2n) is 13.1. The number of rotatable bonds is 7.